The maximum atomic E-state index is 9.11. The van der Waals surface area contributed by atoms with Crippen molar-refractivity contribution in [2.24, 2.45) is 0 Å². The van der Waals surface area contributed by atoms with Gasteiger partial charge in [0, 0.05) is 11.1 Å². The highest BCUT2D eigenvalue weighted by atomic mass is 35.5. The first-order chi connectivity index (χ1) is 6.76. The van der Waals surface area contributed by atoms with Crippen LogP contribution in [-0.4, -0.2) is 19.3 Å². The van der Waals surface area contributed by atoms with Crippen LogP contribution in [0.25, 0.3) is 0 Å². The first-order valence-corrected chi connectivity index (χ1v) is 4.70. The first kappa shape index (κ1) is 11.1. The third-order valence-electron chi connectivity index (χ3n) is 1.97. The second kappa shape index (κ2) is 5.08. The SMILES string of the molecule is COc1cc(CO)c(OC)c(CCl)c1. The molecule has 1 rings (SSSR count). The predicted molar refractivity (Wildman–Crippen MR) is 55.0 cm³/mol. The summed E-state index contributed by atoms with van der Waals surface area (Å²) in [6.45, 7) is -0.0930. The molecule has 3 nitrogen and oxygen atoms in total. The van der Waals surface area contributed by atoms with E-state index in [1.807, 2.05) is 0 Å². The lowest BCUT2D eigenvalue weighted by atomic mass is 10.1. The largest absolute Gasteiger partial charge is 0.497 e. The second-order valence-electron chi connectivity index (χ2n) is 2.77. The van der Waals surface area contributed by atoms with Crippen LogP contribution < -0.4 is 9.47 Å². The maximum absolute atomic E-state index is 9.11. The average Bonchev–Trinajstić information content (AvgIpc) is 2.26. The quantitative estimate of drug-likeness (QED) is 0.782. The van der Waals surface area contributed by atoms with Crippen molar-refractivity contribution in [3.8, 4) is 11.5 Å². The number of hydrogen-bond acceptors (Lipinski definition) is 3. The molecule has 0 saturated heterocycles. The Kier molecular flexibility index (Phi) is 4.04. The fourth-order valence-corrected chi connectivity index (χ4v) is 1.52. The van der Waals surface area contributed by atoms with Gasteiger partial charge in [-0.05, 0) is 12.1 Å². The summed E-state index contributed by atoms with van der Waals surface area (Å²) in [5.41, 5.74) is 1.50. The number of methoxy groups -OCH3 is 2. The smallest absolute Gasteiger partial charge is 0.129 e. The fourth-order valence-electron chi connectivity index (χ4n) is 1.32. The Labute approximate surface area is 88.2 Å². The molecule has 1 aromatic rings. The van der Waals surface area contributed by atoms with Crippen LogP contribution in [-0.2, 0) is 12.5 Å². The molecule has 4 heteroatoms. The van der Waals surface area contributed by atoms with Gasteiger partial charge in [-0.15, -0.1) is 11.6 Å². The third-order valence-corrected chi connectivity index (χ3v) is 2.26. The van der Waals surface area contributed by atoms with E-state index in [4.69, 9.17) is 26.2 Å². The Balaban J connectivity index is 3.24. The highest BCUT2D eigenvalue weighted by molar-refractivity contribution is 6.17. The van der Waals surface area contributed by atoms with E-state index >= 15 is 0 Å². The van der Waals surface area contributed by atoms with Crippen LogP contribution in [0.5, 0.6) is 11.5 Å². The molecule has 0 amide bonds. The molecule has 0 atom stereocenters. The van der Waals surface area contributed by atoms with Crippen molar-refractivity contribution >= 4 is 11.6 Å². The molecular weight excluding hydrogens is 204 g/mol. The molecule has 0 aliphatic carbocycles. The van der Waals surface area contributed by atoms with Gasteiger partial charge in [-0.2, -0.15) is 0 Å². The Morgan fingerprint density at radius 1 is 1.21 bits per heavy atom. The summed E-state index contributed by atoms with van der Waals surface area (Å²) in [5.74, 6) is 1.63. The van der Waals surface area contributed by atoms with E-state index in [1.165, 1.54) is 0 Å². The van der Waals surface area contributed by atoms with Gasteiger partial charge in [0.05, 0.1) is 26.7 Å². The number of rotatable bonds is 4. The first-order valence-electron chi connectivity index (χ1n) is 4.17. The molecule has 78 valence electrons. The fraction of sp³-hybridized carbons (Fsp3) is 0.400. The number of alkyl halides is 1. The van der Waals surface area contributed by atoms with Crippen molar-refractivity contribution in [3.63, 3.8) is 0 Å². The van der Waals surface area contributed by atoms with E-state index in [-0.39, 0.29) is 6.61 Å². The lowest BCUT2D eigenvalue weighted by Gasteiger charge is -2.12. The Morgan fingerprint density at radius 2 is 1.86 bits per heavy atom. The zero-order valence-electron chi connectivity index (χ0n) is 8.21. The molecule has 1 N–H and O–H groups in total. The summed E-state index contributed by atoms with van der Waals surface area (Å²) in [4.78, 5) is 0. The van der Waals surface area contributed by atoms with Gasteiger partial charge in [0.2, 0.25) is 0 Å². The van der Waals surface area contributed by atoms with Gasteiger partial charge < -0.3 is 14.6 Å². The van der Waals surface area contributed by atoms with Crippen molar-refractivity contribution in [2.75, 3.05) is 14.2 Å². The predicted octanol–water partition coefficient (Wildman–Crippen LogP) is 1.93. The molecule has 0 unspecified atom stereocenters. The lowest BCUT2D eigenvalue weighted by Crippen LogP contribution is -1.98. The molecule has 1 aromatic carbocycles. The van der Waals surface area contributed by atoms with Crippen molar-refractivity contribution in [1.82, 2.24) is 0 Å². The van der Waals surface area contributed by atoms with Crippen molar-refractivity contribution < 1.29 is 14.6 Å². The monoisotopic (exact) mass is 216 g/mol. The molecule has 0 bridgehead atoms. The van der Waals surface area contributed by atoms with E-state index in [9.17, 15) is 0 Å². The van der Waals surface area contributed by atoms with Gasteiger partial charge in [0.25, 0.3) is 0 Å². The number of aliphatic hydroxyl groups is 1. The standard InChI is InChI=1S/C10H13ClO3/c1-13-9-3-7(5-11)10(14-2)8(4-9)6-12/h3-4,12H,5-6H2,1-2H3. The van der Waals surface area contributed by atoms with E-state index in [0.717, 1.165) is 5.56 Å². The summed E-state index contributed by atoms with van der Waals surface area (Å²) < 4.78 is 10.2. The summed E-state index contributed by atoms with van der Waals surface area (Å²) in [6, 6.07) is 3.53. The van der Waals surface area contributed by atoms with Crippen molar-refractivity contribution in [2.45, 2.75) is 12.5 Å². The minimum Gasteiger partial charge on any atom is -0.497 e. The van der Waals surface area contributed by atoms with E-state index in [0.29, 0.717) is 22.9 Å². The Hall–Kier alpha value is -0.930. The number of hydrogen-bond donors (Lipinski definition) is 1. The van der Waals surface area contributed by atoms with Crippen LogP contribution in [0.2, 0.25) is 0 Å². The summed E-state index contributed by atoms with van der Waals surface area (Å²) in [6.07, 6.45) is 0. The Bertz CT molecular complexity index is 287. The van der Waals surface area contributed by atoms with Crippen LogP contribution in [0, 0.1) is 0 Å². The summed E-state index contributed by atoms with van der Waals surface area (Å²) in [5, 5.41) is 9.11. The number of halogens is 1. The molecule has 0 fully saturated rings. The molecule has 0 aliphatic heterocycles. The lowest BCUT2D eigenvalue weighted by molar-refractivity contribution is 0.272. The number of benzene rings is 1. The van der Waals surface area contributed by atoms with Crippen LogP contribution in [0.4, 0.5) is 0 Å². The van der Waals surface area contributed by atoms with Crippen molar-refractivity contribution in [3.05, 3.63) is 23.3 Å². The van der Waals surface area contributed by atoms with Crippen LogP contribution in [0.15, 0.2) is 12.1 Å². The van der Waals surface area contributed by atoms with Gasteiger partial charge in [0.1, 0.15) is 11.5 Å². The summed E-state index contributed by atoms with van der Waals surface area (Å²) in [7, 11) is 3.12. The molecule has 0 aliphatic rings. The highest BCUT2D eigenvalue weighted by Crippen LogP contribution is 2.30. The van der Waals surface area contributed by atoms with E-state index < -0.39 is 0 Å². The topological polar surface area (TPSA) is 38.7 Å². The van der Waals surface area contributed by atoms with Gasteiger partial charge in [-0.3, -0.25) is 0 Å². The average molecular weight is 217 g/mol. The number of aliphatic hydroxyl groups excluding tert-OH is 1. The van der Waals surface area contributed by atoms with Gasteiger partial charge >= 0.3 is 0 Å². The van der Waals surface area contributed by atoms with E-state index in [2.05, 4.69) is 0 Å². The molecule has 14 heavy (non-hydrogen) atoms. The molecule has 0 heterocycles. The van der Waals surface area contributed by atoms with Crippen LogP contribution in [0.3, 0.4) is 0 Å². The van der Waals surface area contributed by atoms with E-state index in [1.54, 1.807) is 26.4 Å². The Morgan fingerprint density at radius 3 is 2.29 bits per heavy atom. The molecule has 0 saturated carbocycles. The molecular formula is C10H13ClO3. The van der Waals surface area contributed by atoms with Crippen molar-refractivity contribution in [1.29, 1.82) is 0 Å². The minimum absolute atomic E-state index is 0.0930. The van der Waals surface area contributed by atoms with Crippen LogP contribution in [0.1, 0.15) is 11.1 Å². The number of ether oxygens (including phenoxy) is 2. The molecule has 0 spiro atoms. The van der Waals surface area contributed by atoms with Gasteiger partial charge in [-0.25, -0.2) is 0 Å². The summed E-state index contributed by atoms with van der Waals surface area (Å²) >= 11 is 5.75. The zero-order chi connectivity index (χ0) is 10.6. The minimum atomic E-state index is -0.0930. The highest BCUT2D eigenvalue weighted by Gasteiger charge is 2.10. The molecule has 0 radical (unpaired) electrons. The van der Waals surface area contributed by atoms with Gasteiger partial charge in [0.15, 0.2) is 0 Å². The van der Waals surface area contributed by atoms with Gasteiger partial charge in [-0.1, -0.05) is 0 Å². The second-order valence-corrected chi connectivity index (χ2v) is 3.04. The maximum Gasteiger partial charge on any atom is 0.129 e. The third kappa shape index (κ3) is 2.11. The zero-order valence-corrected chi connectivity index (χ0v) is 8.97. The van der Waals surface area contributed by atoms with Crippen LogP contribution >= 0.6 is 11.6 Å². The normalized spacial score (nSPS) is 10.0. The molecule has 0 aromatic heterocycles.